The van der Waals surface area contributed by atoms with Crippen molar-refractivity contribution in [3.8, 4) is 5.75 Å². The van der Waals surface area contributed by atoms with E-state index < -0.39 is 5.60 Å². The van der Waals surface area contributed by atoms with Gasteiger partial charge in [-0.1, -0.05) is 18.2 Å². The van der Waals surface area contributed by atoms with E-state index in [1.54, 1.807) is 13.2 Å². The molecule has 1 saturated heterocycles. The fourth-order valence-corrected chi connectivity index (χ4v) is 2.73. The number of benzene rings is 1. The maximum Gasteiger partial charge on any atom is 0.234 e. The molecule has 0 bridgehead atoms. The number of carbonyl (C=O) groups is 1. The third-order valence-corrected chi connectivity index (χ3v) is 4.10. The van der Waals surface area contributed by atoms with Gasteiger partial charge in [-0.15, -0.1) is 6.58 Å². The molecule has 0 spiro atoms. The maximum atomic E-state index is 11.7. The lowest BCUT2D eigenvalue weighted by Crippen LogP contribution is -2.46. The van der Waals surface area contributed by atoms with Gasteiger partial charge in [-0.3, -0.25) is 9.69 Å². The zero-order valence-corrected chi connectivity index (χ0v) is 13.0. The number of nitrogens with zero attached hydrogens (tertiary/aromatic N) is 1. The van der Waals surface area contributed by atoms with Crippen LogP contribution in [0.25, 0.3) is 0 Å². The van der Waals surface area contributed by atoms with E-state index in [2.05, 4.69) is 16.8 Å². The smallest absolute Gasteiger partial charge is 0.234 e. The maximum absolute atomic E-state index is 11.7. The van der Waals surface area contributed by atoms with Crippen LogP contribution in [0.4, 0.5) is 0 Å². The van der Waals surface area contributed by atoms with E-state index in [9.17, 15) is 9.90 Å². The van der Waals surface area contributed by atoms with Crippen LogP contribution in [0.2, 0.25) is 0 Å². The normalized spacial score (nSPS) is 17.7. The first kappa shape index (κ1) is 16.5. The molecule has 0 atom stereocenters. The Balaban J connectivity index is 1.92. The van der Waals surface area contributed by atoms with E-state index in [-0.39, 0.29) is 5.91 Å². The van der Waals surface area contributed by atoms with Crippen molar-refractivity contribution in [2.24, 2.45) is 0 Å². The van der Waals surface area contributed by atoms with Crippen molar-refractivity contribution in [3.05, 3.63) is 42.5 Å². The highest BCUT2D eigenvalue weighted by atomic mass is 16.5. The Labute approximate surface area is 131 Å². The Morgan fingerprint density at radius 1 is 1.50 bits per heavy atom. The quantitative estimate of drug-likeness (QED) is 0.777. The van der Waals surface area contributed by atoms with E-state index in [0.29, 0.717) is 39.0 Å². The highest BCUT2D eigenvalue weighted by Gasteiger charge is 2.34. The molecule has 1 aliphatic heterocycles. The highest BCUT2D eigenvalue weighted by molar-refractivity contribution is 5.78. The third kappa shape index (κ3) is 4.08. The molecule has 1 amide bonds. The molecule has 1 aromatic carbocycles. The largest absolute Gasteiger partial charge is 0.497 e. The van der Waals surface area contributed by atoms with Gasteiger partial charge in [-0.05, 0) is 30.5 Å². The first-order valence-electron chi connectivity index (χ1n) is 7.54. The van der Waals surface area contributed by atoms with Crippen molar-refractivity contribution < 1.29 is 14.6 Å². The van der Waals surface area contributed by atoms with E-state index >= 15 is 0 Å². The zero-order valence-electron chi connectivity index (χ0n) is 13.0. The number of rotatable bonds is 6. The average molecular weight is 304 g/mol. The fourth-order valence-electron chi connectivity index (χ4n) is 2.73. The van der Waals surface area contributed by atoms with Gasteiger partial charge in [0, 0.05) is 19.6 Å². The third-order valence-electron chi connectivity index (χ3n) is 4.10. The topological polar surface area (TPSA) is 61.8 Å². The monoisotopic (exact) mass is 304 g/mol. The summed E-state index contributed by atoms with van der Waals surface area (Å²) in [6, 6.07) is 7.56. The van der Waals surface area contributed by atoms with Crippen molar-refractivity contribution in [3.63, 3.8) is 0 Å². The van der Waals surface area contributed by atoms with Crippen molar-refractivity contribution >= 4 is 5.91 Å². The predicted molar refractivity (Wildman–Crippen MR) is 85.8 cm³/mol. The Hall–Kier alpha value is -1.85. The molecule has 1 aromatic rings. The van der Waals surface area contributed by atoms with E-state index in [1.165, 1.54) is 0 Å². The summed E-state index contributed by atoms with van der Waals surface area (Å²) in [5.74, 6) is 0.740. The Kier molecular flexibility index (Phi) is 5.57. The van der Waals surface area contributed by atoms with Crippen LogP contribution in [-0.2, 0) is 10.4 Å². The minimum atomic E-state index is -0.845. The number of amides is 1. The summed E-state index contributed by atoms with van der Waals surface area (Å²) < 4.78 is 5.22. The number of likely N-dealkylation sites (tertiary alicyclic amines) is 1. The van der Waals surface area contributed by atoms with E-state index in [4.69, 9.17) is 4.74 Å². The summed E-state index contributed by atoms with van der Waals surface area (Å²) in [5, 5.41) is 13.6. The number of nitrogens with one attached hydrogen (secondary N) is 1. The summed E-state index contributed by atoms with van der Waals surface area (Å²) in [6.07, 6.45) is 2.87. The van der Waals surface area contributed by atoms with Gasteiger partial charge in [0.2, 0.25) is 5.91 Å². The van der Waals surface area contributed by atoms with Gasteiger partial charge in [0.15, 0.2) is 0 Å². The molecule has 120 valence electrons. The molecular weight excluding hydrogens is 280 g/mol. The lowest BCUT2D eigenvalue weighted by atomic mass is 9.84. The number of methoxy groups -OCH3 is 1. The molecule has 5 heteroatoms. The second-order valence-corrected chi connectivity index (χ2v) is 5.63. The Bertz CT molecular complexity index is 522. The zero-order chi connectivity index (χ0) is 16.0. The van der Waals surface area contributed by atoms with E-state index in [0.717, 1.165) is 11.3 Å². The van der Waals surface area contributed by atoms with Gasteiger partial charge in [0.1, 0.15) is 5.75 Å². The molecule has 1 aliphatic rings. The number of aliphatic hydroxyl groups is 1. The van der Waals surface area contributed by atoms with Gasteiger partial charge < -0.3 is 15.2 Å². The standard InChI is InChI=1S/C17H24N2O3/c1-3-9-18-16(20)13-19-10-7-17(21,8-11-19)14-5-4-6-15(12-14)22-2/h3-6,12,21H,1,7-11,13H2,2H3,(H,18,20). The molecule has 0 aliphatic carbocycles. The predicted octanol–water partition coefficient (Wildman–Crippen LogP) is 1.28. The highest BCUT2D eigenvalue weighted by Crippen LogP contribution is 2.34. The molecule has 22 heavy (non-hydrogen) atoms. The second-order valence-electron chi connectivity index (χ2n) is 5.63. The molecule has 0 saturated carbocycles. The molecule has 0 radical (unpaired) electrons. The van der Waals surface area contributed by atoms with Gasteiger partial charge in [-0.2, -0.15) is 0 Å². The molecule has 1 heterocycles. The van der Waals surface area contributed by atoms with Gasteiger partial charge in [-0.25, -0.2) is 0 Å². The molecule has 0 unspecified atom stereocenters. The summed E-state index contributed by atoms with van der Waals surface area (Å²) in [5.41, 5.74) is 0.0328. The van der Waals surface area contributed by atoms with Gasteiger partial charge in [0.25, 0.3) is 0 Å². The minimum absolute atomic E-state index is 0.00767. The van der Waals surface area contributed by atoms with Crippen LogP contribution in [0.5, 0.6) is 5.75 Å². The summed E-state index contributed by atoms with van der Waals surface area (Å²) >= 11 is 0. The van der Waals surface area contributed by atoms with Crippen LogP contribution < -0.4 is 10.1 Å². The lowest BCUT2D eigenvalue weighted by Gasteiger charge is -2.38. The minimum Gasteiger partial charge on any atom is -0.497 e. The van der Waals surface area contributed by atoms with Crippen LogP contribution in [0.3, 0.4) is 0 Å². The number of hydrogen-bond donors (Lipinski definition) is 2. The number of hydrogen-bond acceptors (Lipinski definition) is 4. The Morgan fingerprint density at radius 2 is 2.23 bits per heavy atom. The van der Waals surface area contributed by atoms with Crippen molar-refractivity contribution in [1.29, 1.82) is 0 Å². The molecule has 2 rings (SSSR count). The first-order valence-corrected chi connectivity index (χ1v) is 7.54. The lowest BCUT2D eigenvalue weighted by molar-refractivity contribution is -0.123. The molecule has 0 aromatic heterocycles. The SMILES string of the molecule is C=CCNC(=O)CN1CCC(O)(c2cccc(OC)c2)CC1. The Morgan fingerprint density at radius 3 is 2.86 bits per heavy atom. The van der Waals surface area contributed by atoms with Gasteiger partial charge in [0.05, 0.1) is 19.3 Å². The summed E-state index contributed by atoms with van der Waals surface area (Å²) in [7, 11) is 1.62. The number of carbonyl (C=O) groups excluding carboxylic acids is 1. The van der Waals surface area contributed by atoms with Crippen LogP contribution >= 0.6 is 0 Å². The van der Waals surface area contributed by atoms with Gasteiger partial charge >= 0.3 is 0 Å². The molecule has 2 N–H and O–H groups in total. The summed E-state index contributed by atoms with van der Waals surface area (Å²) in [4.78, 5) is 13.8. The van der Waals surface area contributed by atoms with Crippen molar-refractivity contribution in [2.75, 3.05) is 33.3 Å². The van der Waals surface area contributed by atoms with Crippen molar-refractivity contribution in [1.82, 2.24) is 10.2 Å². The van der Waals surface area contributed by atoms with Crippen LogP contribution in [-0.4, -0.2) is 49.2 Å². The average Bonchev–Trinajstić information content (AvgIpc) is 2.55. The number of piperidine rings is 1. The van der Waals surface area contributed by atoms with Crippen LogP contribution in [0, 0.1) is 0 Å². The number of ether oxygens (including phenoxy) is 1. The molecular formula is C17H24N2O3. The fraction of sp³-hybridized carbons (Fsp3) is 0.471. The molecule has 5 nitrogen and oxygen atoms in total. The van der Waals surface area contributed by atoms with Crippen molar-refractivity contribution in [2.45, 2.75) is 18.4 Å². The second kappa shape index (κ2) is 7.42. The van der Waals surface area contributed by atoms with E-state index in [1.807, 2.05) is 24.3 Å². The van der Waals surface area contributed by atoms with Crippen LogP contribution in [0.1, 0.15) is 18.4 Å². The molecule has 1 fully saturated rings. The summed E-state index contributed by atoms with van der Waals surface area (Å²) in [6.45, 7) is 5.80. The first-order chi connectivity index (χ1) is 10.6. The van der Waals surface area contributed by atoms with Crippen LogP contribution in [0.15, 0.2) is 36.9 Å².